The van der Waals surface area contributed by atoms with Crippen molar-refractivity contribution in [1.29, 1.82) is 0 Å². The predicted molar refractivity (Wildman–Crippen MR) is 136 cm³/mol. The van der Waals surface area contributed by atoms with Crippen molar-refractivity contribution < 1.29 is 27.9 Å². The summed E-state index contributed by atoms with van der Waals surface area (Å²) < 4.78 is 41.9. The molecule has 198 valence electrons. The van der Waals surface area contributed by atoms with Gasteiger partial charge in [0, 0.05) is 41.8 Å². The molecule has 0 unspecified atom stereocenters. The number of halogens is 4. The van der Waals surface area contributed by atoms with Gasteiger partial charge in [-0.15, -0.1) is 11.6 Å². The van der Waals surface area contributed by atoms with E-state index in [0.717, 1.165) is 12.1 Å². The Morgan fingerprint density at radius 2 is 1.87 bits per heavy atom. The van der Waals surface area contributed by atoms with Crippen molar-refractivity contribution in [3.05, 3.63) is 95.6 Å². The molecule has 2 heterocycles. The molecule has 0 radical (unpaired) electrons. The molecule has 0 bridgehead atoms. The Kier molecular flexibility index (Phi) is 7.15. The highest BCUT2D eigenvalue weighted by Crippen LogP contribution is 2.46. The summed E-state index contributed by atoms with van der Waals surface area (Å²) >= 11 is 6.68. The summed E-state index contributed by atoms with van der Waals surface area (Å²) in [5.74, 6) is -3.39. The van der Waals surface area contributed by atoms with E-state index in [1.54, 1.807) is 36.4 Å². The van der Waals surface area contributed by atoms with Gasteiger partial charge in [-0.1, -0.05) is 30.3 Å². The Hall–Kier alpha value is -3.43. The minimum Gasteiger partial charge on any atom is -0.372 e. The van der Waals surface area contributed by atoms with Crippen molar-refractivity contribution in [2.24, 2.45) is 11.8 Å². The van der Waals surface area contributed by atoms with Crippen LogP contribution in [0.25, 0.3) is 0 Å². The molecule has 5 rings (SSSR count). The molecule has 0 saturated heterocycles. The van der Waals surface area contributed by atoms with Gasteiger partial charge in [-0.3, -0.25) is 14.6 Å². The fourth-order valence-corrected chi connectivity index (χ4v) is 5.85. The van der Waals surface area contributed by atoms with E-state index in [1.165, 1.54) is 29.4 Å². The largest absolute Gasteiger partial charge is 0.372 e. The Morgan fingerprint density at radius 3 is 2.55 bits per heavy atom. The number of hydrogen-bond acceptors (Lipinski definition) is 4. The zero-order valence-electron chi connectivity index (χ0n) is 20.1. The molecule has 0 spiro atoms. The molecule has 6 nitrogen and oxygen atoms in total. The SMILES string of the molecule is O=C(N[C@@H]1C[C@@H](Cl)[C@@H](CN2C(=O)[C@@](O)(c3ccc(F)cc3)c3ccccc32)C[C@H]1C(F)F)c1cccnc1. The van der Waals surface area contributed by atoms with E-state index in [-0.39, 0.29) is 30.5 Å². The summed E-state index contributed by atoms with van der Waals surface area (Å²) in [6.07, 6.45) is 0.186. The number of carbonyl (C=O) groups excluding carboxylic acids is 2. The molecule has 2 amide bonds. The molecule has 38 heavy (non-hydrogen) atoms. The molecule has 1 aliphatic carbocycles. The van der Waals surface area contributed by atoms with E-state index in [4.69, 9.17) is 11.6 Å². The van der Waals surface area contributed by atoms with Crippen LogP contribution in [0.2, 0.25) is 0 Å². The summed E-state index contributed by atoms with van der Waals surface area (Å²) in [6, 6.07) is 14.0. The Bertz CT molecular complexity index is 1330. The van der Waals surface area contributed by atoms with Crippen LogP contribution in [0.5, 0.6) is 0 Å². The fourth-order valence-electron chi connectivity index (χ4n) is 5.47. The van der Waals surface area contributed by atoms with Crippen LogP contribution in [0, 0.1) is 17.7 Å². The molecule has 1 aromatic heterocycles. The van der Waals surface area contributed by atoms with Gasteiger partial charge in [0.15, 0.2) is 5.60 Å². The number of para-hydroxylation sites is 1. The number of alkyl halides is 3. The van der Waals surface area contributed by atoms with Crippen LogP contribution in [-0.2, 0) is 10.4 Å². The highest BCUT2D eigenvalue weighted by molar-refractivity contribution is 6.21. The van der Waals surface area contributed by atoms with Gasteiger partial charge in [0.2, 0.25) is 6.43 Å². The minimum atomic E-state index is -2.72. The summed E-state index contributed by atoms with van der Waals surface area (Å²) in [6.45, 7) is 0.00000963. The van der Waals surface area contributed by atoms with E-state index < -0.39 is 52.9 Å². The van der Waals surface area contributed by atoms with Crippen molar-refractivity contribution in [2.45, 2.75) is 36.3 Å². The molecule has 2 aromatic carbocycles. The summed E-state index contributed by atoms with van der Waals surface area (Å²) in [4.78, 5) is 31.5. The zero-order chi connectivity index (χ0) is 27.0. The summed E-state index contributed by atoms with van der Waals surface area (Å²) in [5.41, 5.74) is -0.829. The number of amides is 2. The Labute approximate surface area is 222 Å². The first-order chi connectivity index (χ1) is 18.2. The van der Waals surface area contributed by atoms with Crippen LogP contribution in [0.1, 0.15) is 34.3 Å². The molecule has 3 aromatic rings. The molecule has 1 aliphatic heterocycles. The van der Waals surface area contributed by atoms with Gasteiger partial charge in [-0.25, -0.2) is 13.2 Å². The lowest BCUT2D eigenvalue weighted by molar-refractivity contribution is -0.132. The summed E-state index contributed by atoms with van der Waals surface area (Å²) in [7, 11) is 0. The van der Waals surface area contributed by atoms with Crippen molar-refractivity contribution in [1.82, 2.24) is 10.3 Å². The zero-order valence-corrected chi connectivity index (χ0v) is 20.9. The first-order valence-corrected chi connectivity index (χ1v) is 12.7. The molecule has 1 saturated carbocycles. The van der Waals surface area contributed by atoms with Gasteiger partial charge in [-0.2, -0.15) is 0 Å². The maximum atomic E-state index is 14.2. The van der Waals surface area contributed by atoms with Crippen LogP contribution in [0.15, 0.2) is 73.1 Å². The molecular weight excluding hydrogens is 519 g/mol. The smallest absolute Gasteiger partial charge is 0.268 e. The molecule has 5 atom stereocenters. The van der Waals surface area contributed by atoms with Gasteiger partial charge >= 0.3 is 0 Å². The van der Waals surface area contributed by atoms with Gasteiger partial charge < -0.3 is 15.3 Å². The third-order valence-electron chi connectivity index (χ3n) is 7.46. The monoisotopic (exact) mass is 543 g/mol. The number of aromatic nitrogens is 1. The van der Waals surface area contributed by atoms with E-state index >= 15 is 0 Å². The normalized spacial score (nSPS) is 26.9. The number of nitrogens with zero attached hydrogens (tertiary/aromatic N) is 2. The average molecular weight is 544 g/mol. The standard InChI is InChI=1S/C28H25ClF3N3O3/c29-22-13-23(34-26(36)16-4-3-11-33-14-16)20(25(31)32)12-17(22)15-35-24-6-2-1-5-21(24)28(38,27(35)37)18-7-9-19(30)10-8-18/h1-11,14,17,20,22-23,25,38H,12-13,15H2,(H,34,36)/t17-,20-,22-,23-,28-/m1/s1. The van der Waals surface area contributed by atoms with Gasteiger partial charge in [0.1, 0.15) is 5.82 Å². The lowest BCUT2D eigenvalue weighted by atomic mass is 9.77. The lowest BCUT2D eigenvalue weighted by Gasteiger charge is -2.40. The van der Waals surface area contributed by atoms with Crippen LogP contribution >= 0.6 is 11.6 Å². The quantitative estimate of drug-likeness (QED) is 0.449. The van der Waals surface area contributed by atoms with E-state index in [1.807, 2.05) is 0 Å². The van der Waals surface area contributed by atoms with Gasteiger partial charge in [-0.05, 0) is 54.7 Å². The van der Waals surface area contributed by atoms with Crippen molar-refractivity contribution in [3.8, 4) is 0 Å². The average Bonchev–Trinajstić information content (AvgIpc) is 3.13. The number of hydrogen-bond donors (Lipinski definition) is 2. The second-order valence-corrected chi connectivity index (χ2v) is 10.3. The van der Waals surface area contributed by atoms with E-state index in [0.29, 0.717) is 11.3 Å². The second-order valence-electron chi connectivity index (χ2n) is 9.72. The van der Waals surface area contributed by atoms with Crippen LogP contribution in [-0.4, -0.2) is 46.3 Å². The van der Waals surface area contributed by atoms with Crippen LogP contribution < -0.4 is 10.2 Å². The lowest BCUT2D eigenvalue weighted by Crippen LogP contribution is -2.52. The fraction of sp³-hybridized carbons (Fsp3) is 0.321. The van der Waals surface area contributed by atoms with E-state index in [9.17, 15) is 27.9 Å². The third-order valence-corrected chi connectivity index (χ3v) is 8.00. The number of pyridine rings is 1. The van der Waals surface area contributed by atoms with Crippen molar-refractivity contribution in [2.75, 3.05) is 11.4 Å². The Balaban J connectivity index is 1.38. The third kappa shape index (κ3) is 4.65. The number of nitrogens with one attached hydrogen (secondary N) is 1. The highest BCUT2D eigenvalue weighted by atomic mass is 35.5. The first-order valence-electron chi connectivity index (χ1n) is 12.2. The predicted octanol–water partition coefficient (Wildman–Crippen LogP) is 4.50. The molecule has 10 heteroatoms. The van der Waals surface area contributed by atoms with Crippen molar-refractivity contribution in [3.63, 3.8) is 0 Å². The molecular formula is C28H25ClF3N3O3. The van der Waals surface area contributed by atoms with Gasteiger partial charge in [0.25, 0.3) is 11.8 Å². The second kappa shape index (κ2) is 10.4. The number of carbonyl (C=O) groups is 2. The number of anilines is 1. The highest BCUT2D eigenvalue weighted by Gasteiger charge is 2.52. The van der Waals surface area contributed by atoms with E-state index in [2.05, 4.69) is 10.3 Å². The molecule has 2 N–H and O–H groups in total. The number of fused-ring (bicyclic) bond motifs is 1. The van der Waals surface area contributed by atoms with Crippen molar-refractivity contribution >= 4 is 29.1 Å². The van der Waals surface area contributed by atoms with Gasteiger partial charge in [0.05, 0.1) is 11.3 Å². The first kappa shape index (κ1) is 26.2. The molecule has 1 fully saturated rings. The Morgan fingerprint density at radius 1 is 1.13 bits per heavy atom. The van der Waals surface area contributed by atoms with Crippen LogP contribution in [0.4, 0.5) is 18.9 Å². The van der Waals surface area contributed by atoms with Crippen LogP contribution in [0.3, 0.4) is 0 Å². The maximum absolute atomic E-state index is 14.2. The molecule has 2 aliphatic rings. The summed E-state index contributed by atoms with van der Waals surface area (Å²) in [5, 5.41) is 13.7. The topological polar surface area (TPSA) is 82.5 Å². The number of rotatable bonds is 6. The number of aliphatic hydroxyl groups is 1. The number of benzene rings is 2. The minimum absolute atomic E-state index is 0.00000963. The maximum Gasteiger partial charge on any atom is 0.268 e.